The van der Waals surface area contributed by atoms with Gasteiger partial charge in [-0.2, -0.15) is 5.26 Å². The number of nitrogens with zero attached hydrogens (tertiary/aromatic N) is 2. The van der Waals surface area contributed by atoms with E-state index >= 15 is 0 Å². The smallest absolute Gasteiger partial charge is 0.257 e. The molecule has 7 nitrogen and oxygen atoms in total. The lowest BCUT2D eigenvalue weighted by Crippen LogP contribution is -2.25. The van der Waals surface area contributed by atoms with E-state index < -0.39 is 15.9 Å². The molecule has 1 heterocycles. The van der Waals surface area contributed by atoms with Crippen molar-refractivity contribution in [2.24, 2.45) is 0 Å². The van der Waals surface area contributed by atoms with Gasteiger partial charge in [0.15, 0.2) is 5.13 Å². The molecular weight excluding hydrogens is 408 g/mol. The summed E-state index contributed by atoms with van der Waals surface area (Å²) in [5.41, 5.74) is 0.883. The molecule has 0 aliphatic rings. The number of hydrogen-bond acceptors (Lipinski definition) is 6. The number of thiazole rings is 1. The number of anilines is 1. The van der Waals surface area contributed by atoms with Gasteiger partial charge in [-0.05, 0) is 36.4 Å². The molecule has 0 aliphatic heterocycles. The molecule has 0 saturated heterocycles. The summed E-state index contributed by atoms with van der Waals surface area (Å²) in [7, 11) is -3.80. The highest BCUT2D eigenvalue weighted by atomic mass is 35.5. The summed E-state index contributed by atoms with van der Waals surface area (Å²) in [6.07, 6.45) is 0.0566. The number of halogens is 1. The van der Waals surface area contributed by atoms with Crippen LogP contribution in [0.2, 0.25) is 5.02 Å². The SMILES string of the molecule is N#CCCNS(=O)(=O)c1cccc(C(=O)Nc2nc3ccc(Cl)cc3s2)c1. The van der Waals surface area contributed by atoms with Crippen LogP contribution < -0.4 is 10.0 Å². The lowest BCUT2D eigenvalue weighted by Gasteiger charge is -2.07. The van der Waals surface area contributed by atoms with Gasteiger partial charge in [-0.3, -0.25) is 10.1 Å². The topological polar surface area (TPSA) is 112 Å². The zero-order valence-electron chi connectivity index (χ0n) is 13.8. The van der Waals surface area contributed by atoms with Gasteiger partial charge in [0.1, 0.15) is 0 Å². The highest BCUT2D eigenvalue weighted by Crippen LogP contribution is 2.28. The summed E-state index contributed by atoms with van der Waals surface area (Å²) in [6, 6.07) is 12.7. The lowest BCUT2D eigenvalue weighted by molar-refractivity contribution is 0.102. The number of benzene rings is 2. The fraction of sp³-hybridized carbons (Fsp3) is 0.118. The van der Waals surface area contributed by atoms with Gasteiger partial charge in [0.05, 0.1) is 21.2 Å². The Hall–Kier alpha value is -2.51. The number of hydrogen-bond donors (Lipinski definition) is 2. The van der Waals surface area contributed by atoms with Gasteiger partial charge in [-0.15, -0.1) is 0 Å². The maximum atomic E-state index is 12.5. The largest absolute Gasteiger partial charge is 0.298 e. The molecule has 1 aromatic heterocycles. The van der Waals surface area contributed by atoms with E-state index in [1.54, 1.807) is 18.2 Å². The monoisotopic (exact) mass is 420 g/mol. The molecule has 10 heteroatoms. The summed E-state index contributed by atoms with van der Waals surface area (Å²) in [5.74, 6) is -0.478. The number of amides is 1. The van der Waals surface area contributed by atoms with E-state index in [-0.39, 0.29) is 23.4 Å². The van der Waals surface area contributed by atoms with Crippen molar-refractivity contribution in [3.63, 3.8) is 0 Å². The summed E-state index contributed by atoms with van der Waals surface area (Å²) >= 11 is 7.22. The highest BCUT2D eigenvalue weighted by Gasteiger charge is 2.16. The van der Waals surface area contributed by atoms with Gasteiger partial charge in [0.2, 0.25) is 10.0 Å². The van der Waals surface area contributed by atoms with Crippen LogP contribution in [0.3, 0.4) is 0 Å². The maximum absolute atomic E-state index is 12.5. The number of nitrogens with one attached hydrogen (secondary N) is 2. The van der Waals surface area contributed by atoms with E-state index in [0.717, 1.165) is 4.70 Å². The molecule has 0 aliphatic carbocycles. The van der Waals surface area contributed by atoms with Crippen LogP contribution in [0, 0.1) is 11.3 Å². The predicted molar refractivity (Wildman–Crippen MR) is 104 cm³/mol. The molecule has 0 atom stereocenters. The third kappa shape index (κ3) is 4.61. The summed E-state index contributed by atoms with van der Waals surface area (Å²) < 4.78 is 27.6. The van der Waals surface area contributed by atoms with E-state index in [0.29, 0.717) is 15.7 Å². The van der Waals surface area contributed by atoms with Crippen LogP contribution in [0.25, 0.3) is 10.2 Å². The molecule has 3 rings (SSSR count). The molecule has 3 aromatic rings. The van der Waals surface area contributed by atoms with Gasteiger partial charge in [-0.25, -0.2) is 18.1 Å². The van der Waals surface area contributed by atoms with E-state index in [4.69, 9.17) is 16.9 Å². The predicted octanol–water partition coefficient (Wildman–Crippen LogP) is 3.39. The number of fused-ring (bicyclic) bond motifs is 1. The zero-order valence-corrected chi connectivity index (χ0v) is 16.2. The summed E-state index contributed by atoms with van der Waals surface area (Å²) in [4.78, 5) is 16.7. The van der Waals surface area contributed by atoms with Gasteiger partial charge in [-0.1, -0.05) is 29.0 Å². The van der Waals surface area contributed by atoms with Crippen molar-refractivity contribution in [1.82, 2.24) is 9.71 Å². The fourth-order valence-electron chi connectivity index (χ4n) is 2.25. The Morgan fingerprint density at radius 3 is 2.85 bits per heavy atom. The molecule has 27 heavy (non-hydrogen) atoms. The minimum absolute atomic E-state index is 0.00349. The quantitative estimate of drug-likeness (QED) is 0.593. The number of carbonyl (C=O) groups is 1. The summed E-state index contributed by atoms with van der Waals surface area (Å²) in [6.45, 7) is 0.00349. The van der Waals surface area contributed by atoms with Crippen LogP contribution in [0.15, 0.2) is 47.4 Å². The van der Waals surface area contributed by atoms with Crippen molar-refractivity contribution in [2.75, 3.05) is 11.9 Å². The first-order valence-corrected chi connectivity index (χ1v) is 10.4. The van der Waals surface area contributed by atoms with Gasteiger partial charge in [0.25, 0.3) is 5.91 Å². The van der Waals surface area contributed by atoms with Crippen molar-refractivity contribution in [1.29, 1.82) is 5.26 Å². The normalized spacial score (nSPS) is 11.3. The highest BCUT2D eigenvalue weighted by molar-refractivity contribution is 7.89. The molecule has 2 N–H and O–H groups in total. The minimum Gasteiger partial charge on any atom is -0.298 e. The first kappa shape index (κ1) is 19.3. The lowest BCUT2D eigenvalue weighted by atomic mass is 10.2. The fourth-order valence-corrected chi connectivity index (χ4v) is 4.46. The zero-order chi connectivity index (χ0) is 19.4. The molecule has 138 valence electrons. The Labute approximate surface area is 164 Å². The standard InChI is InChI=1S/C17H13ClN4O3S2/c18-12-5-6-14-15(10-12)26-17(21-14)22-16(23)11-3-1-4-13(9-11)27(24,25)20-8-2-7-19/h1,3-6,9-10,20H,2,8H2,(H,21,22,23). The molecule has 0 spiro atoms. The van der Waals surface area contributed by atoms with E-state index in [1.165, 1.54) is 35.6 Å². The molecule has 2 aromatic carbocycles. The average molecular weight is 421 g/mol. The molecule has 0 saturated carbocycles. The van der Waals surface area contributed by atoms with Crippen molar-refractivity contribution < 1.29 is 13.2 Å². The molecule has 0 unspecified atom stereocenters. The average Bonchev–Trinajstić information content (AvgIpc) is 3.03. The van der Waals surface area contributed by atoms with Crippen molar-refractivity contribution in [3.8, 4) is 6.07 Å². The van der Waals surface area contributed by atoms with Gasteiger partial charge >= 0.3 is 0 Å². The van der Waals surface area contributed by atoms with E-state index in [1.807, 2.05) is 6.07 Å². The summed E-state index contributed by atoms with van der Waals surface area (Å²) in [5, 5.41) is 12.1. The second-order valence-electron chi connectivity index (χ2n) is 5.42. The number of rotatable bonds is 6. The van der Waals surface area contributed by atoms with Crippen LogP contribution in [0.1, 0.15) is 16.8 Å². The van der Waals surface area contributed by atoms with Crippen LogP contribution in [0.4, 0.5) is 5.13 Å². The van der Waals surface area contributed by atoms with Gasteiger partial charge < -0.3 is 0 Å². The number of carbonyl (C=O) groups excluding carboxylic acids is 1. The Kier molecular flexibility index (Phi) is 5.72. The maximum Gasteiger partial charge on any atom is 0.257 e. The first-order valence-electron chi connectivity index (χ1n) is 7.73. The Morgan fingerprint density at radius 2 is 2.07 bits per heavy atom. The van der Waals surface area contributed by atoms with Crippen molar-refractivity contribution >= 4 is 54.2 Å². The molecule has 1 amide bonds. The van der Waals surface area contributed by atoms with Crippen molar-refractivity contribution in [3.05, 3.63) is 53.1 Å². The number of nitriles is 1. The van der Waals surface area contributed by atoms with E-state index in [9.17, 15) is 13.2 Å². The van der Waals surface area contributed by atoms with Crippen LogP contribution in [0.5, 0.6) is 0 Å². The van der Waals surface area contributed by atoms with Crippen LogP contribution in [-0.4, -0.2) is 25.9 Å². The molecule has 0 radical (unpaired) electrons. The Morgan fingerprint density at radius 1 is 1.26 bits per heavy atom. The third-order valence-corrected chi connectivity index (χ3v) is 6.13. The van der Waals surface area contributed by atoms with Crippen molar-refractivity contribution in [2.45, 2.75) is 11.3 Å². The van der Waals surface area contributed by atoms with Gasteiger partial charge in [0, 0.05) is 23.6 Å². The molecule has 0 bridgehead atoms. The van der Waals surface area contributed by atoms with E-state index in [2.05, 4.69) is 15.0 Å². The van der Waals surface area contributed by atoms with Crippen LogP contribution in [-0.2, 0) is 10.0 Å². The third-order valence-electron chi connectivity index (χ3n) is 3.51. The second kappa shape index (κ2) is 8.02. The van der Waals surface area contributed by atoms with Crippen LogP contribution >= 0.6 is 22.9 Å². The Balaban J connectivity index is 1.79. The molecule has 0 fully saturated rings. The number of sulfonamides is 1. The Bertz CT molecular complexity index is 1150. The second-order valence-corrected chi connectivity index (χ2v) is 8.65. The first-order chi connectivity index (χ1) is 12.9. The number of aromatic nitrogens is 1. The molecular formula is C17H13ClN4O3S2. The minimum atomic E-state index is -3.80.